The molecule has 22 heavy (non-hydrogen) atoms. The molecule has 116 valence electrons. The molecule has 0 saturated carbocycles. The number of hydrogen-bond donors (Lipinski definition) is 2. The van der Waals surface area contributed by atoms with Gasteiger partial charge in [-0.1, -0.05) is 27.5 Å². The maximum atomic E-state index is 11.3. The number of hydrogen-bond acceptors (Lipinski definition) is 6. The van der Waals surface area contributed by atoms with E-state index >= 15 is 0 Å². The second-order valence-corrected chi connectivity index (χ2v) is 5.32. The second-order valence-electron chi connectivity index (χ2n) is 4.03. The van der Waals surface area contributed by atoms with Gasteiger partial charge < -0.3 is 9.47 Å². The first-order valence-electron chi connectivity index (χ1n) is 6.00. The van der Waals surface area contributed by atoms with Gasteiger partial charge in [0.25, 0.3) is 5.56 Å². The van der Waals surface area contributed by atoms with Crippen LogP contribution in [0.3, 0.4) is 0 Å². The molecular formula is C13H12BrClN4O3. The number of aromatic amines is 1. The van der Waals surface area contributed by atoms with Crippen LogP contribution in [0.1, 0.15) is 5.56 Å². The molecule has 0 amide bonds. The van der Waals surface area contributed by atoms with Crippen molar-refractivity contribution in [3.63, 3.8) is 0 Å². The van der Waals surface area contributed by atoms with E-state index in [0.29, 0.717) is 22.7 Å². The zero-order valence-corrected chi connectivity index (χ0v) is 14.0. The molecule has 0 aliphatic heterocycles. The van der Waals surface area contributed by atoms with Gasteiger partial charge in [-0.15, -0.1) is 0 Å². The van der Waals surface area contributed by atoms with Crippen molar-refractivity contribution in [2.24, 2.45) is 5.10 Å². The van der Waals surface area contributed by atoms with E-state index in [9.17, 15) is 4.79 Å². The van der Waals surface area contributed by atoms with E-state index < -0.39 is 5.56 Å². The fourth-order valence-corrected chi connectivity index (χ4v) is 2.28. The van der Waals surface area contributed by atoms with Gasteiger partial charge in [0.15, 0.2) is 11.5 Å². The standard InChI is InChI=1S/C13H12BrClN4O3/c1-21-10-4-8(14)3-7(12(10)22-2)5-16-18-9-6-17-19-13(20)11(9)15/h3-6H,1-2H3,(H2,18,19,20)/b16-5-. The molecule has 0 unspecified atom stereocenters. The summed E-state index contributed by atoms with van der Waals surface area (Å²) in [4.78, 5) is 11.3. The van der Waals surface area contributed by atoms with Crippen LogP contribution in [0.4, 0.5) is 5.69 Å². The first-order chi connectivity index (χ1) is 10.6. The smallest absolute Gasteiger partial charge is 0.285 e. The number of methoxy groups -OCH3 is 2. The molecule has 2 rings (SSSR count). The monoisotopic (exact) mass is 386 g/mol. The van der Waals surface area contributed by atoms with Gasteiger partial charge in [0.05, 0.1) is 26.6 Å². The second kappa shape index (κ2) is 7.28. The molecule has 0 bridgehead atoms. The maximum Gasteiger partial charge on any atom is 0.285 e. The van der Waals surface area contributed by atoms with E-state index in [-0.39, 0.29) is 5.02 Å². The third kappa shape index (κ3) is 3.58. The van der Waals surface area contributed by atoms with Crippen molar-refractivity contribution < 1.29 is 9.47 Å². The van der Waals surface area contributed by atoms with Gasteiger partial charge in [0.2, 0.25) is 0 Å². The van der Waals surface area contributed by atoms with Crippen LogP contribution >= 0.6 is 27.5 Å². The lowest BCUT2D eigenvalue weighted by atomic mass is 10.2. The van der Waals surface area contributed by atoms with Gasteiger partial charge in [-0.2, -0.15) is 10.2 Å². The van der Waals surface area contributed by atoms with Crippen LogP contribution in [-0.2, 0) is 0 Å². The Bertz CT molecular complexity index is 763. The Kier molecular flexibility index (Phi) is 5.40. The van der Waals surface area contributed by atoms with Crippen molar-refractivity contribution in [2.75, 3.05) is 19.6 Å². The Morgan fingerprint density at radius 2 is 2.18 bits per heavy atom. The fraction of sp³-hybridized carbons (Fsp3) is 0.154. The summed E-state index contributed by atoms with van der Waals surface area (Å²) in [5.74, 6) is 1.10. The van der Waals surface area contributed by atoms with E-state index in [1.165, 1.54) is 19.5 Å². The van der Waals surface area contributed by atoms with Crippen molar-refractivity contribution in [3.8, 4) is 11.5 Å². The van der Waals surface area contributed by atoms with Gasteiger partial charge in [0, 0.05) is 10.0 Å². The molecule has 0 atom stereocenters. The number of rotatable bonds is 5. The number of nitrogens with one attached hydrogen (secondary N) is 2. The Morgan fingerprint density at radius 1 is 1.41 bits per heavy atom. The fourth-order valence-electron chi connectivity index (χ4n) is 1.69. The minimum Gasteiger partial charge on any atom is -0.493 e. The van der Waals surface area contributed by atoms with E-state index in [4.69, 9.17) is 21.1 Å². The molecule has 0 aliphatic rings. The topological polar surface area (TPSA) is 88.6 Å². The minimum absolute atomic E-state index is 0.0223. The van der Waals surface area contributed by atoms with Crippen LogP contribution < -0.4 is 20.5 Å². The molecule has 2 N–H and O–H groups in total. The van der Waals surface area contributed by atoms with Gasteiger partial charge in [-0.05, 0) is 12.1 Å². The molecule has 1 heterocycles. The SMILES string of the molecule is COc1cc(Br)cc(/C=N\Nc2cn[nH]c(=O)c2Cl)c1OC. The molecule has 0 fully saturated rings. The highest BCUT2D eigenvalue weighted by Crippen LogP contribution is 2.33. The molecule has 1 aromatic heterocycles. The van der Waals surface area contributed by atoms with Crippen molar-refractivity contribution >= 4 is 39.4 Å². The van der Waals surface area contributed by atoms with Gasteiger partial charge in [-0.3, -0.25) is 10.2 Å². The van der Waals surface area contributed by atoms with Crippen LogP contribution in [0, 0.1) is 0 Å². The number of halogens is 2. The molecule has 0 saturated heterocycles. The summed E-state index contributed by atoms with van der Waals surface area (Å²) in [5.41, 5.74) is 3.13. The minimum atomic E-state index is -0.497. The molecule has 1 aromatic carbocycles. The first kappa shape index (κ1) is 16.3. The molecule has 0 spiro atoms. The molecule has 9 heteroatoms. The summed E-state index contributed by atoms with van der Waals surface area (Å²) < 4.78 is 11.4. The maximum absolute atomic E-state index is 11.3. The van der Waals surface area contributed by atoms with E-state index in [1.807, 2.05) is 6.07 Å². The Hall–Kier alpha value is -2.06. The zero-order chi connectivity index (χ0) is 16.1. The Labute approximate surface area is 139 Å². The Morgan fingerprint density at radius 3 is 2.86 bits per heavy atom. The van der Waals surface area contributed by atoms with Crippen LogP contribution in [0.5, 0.6) is 11.5 Å². The Balaban J connectivity index is 2.28. The van der Waals surface area contributed by atoms with Gasteiger partial charge in [0.1, 0.15) is 10.7 Å². The highest BCUT2D eigenvalue weighted by molar-refractivity contribution is 9.10. The van der Waals surface area contributed by atoms with E-state index in [0.717, 1.165) is 4.47 Å². The molecular weight excluding hydrogens is 376 g/mol. The molecule has 2 aromatic rings. The lowest BCUT2D eigenvalue weighted by Crippen LogP contribution is -2.10. The predicted octanol–water partition coefficient (Wildman–Crippen LogP) is 2.65. The summed E-state index contributed by atoms with van der Waals surface area (Å²) in [6, 6.07) is 3.59. The van der Waals surface area contributed by atoms with Gasteiger partial charge in [-0.25, -0.2) is 5.10 Å². The highest BCUT2D eigenvalue weighted by atomic mass is 79.9. The summed E-state index contributed by atoms with van der Waals surface area (Å²) in [5, 5.41) is 9.86. The lowest BCUT2D eigenvalue weighted by Gasteiger charge is -2.10. The van der Waals surface area contributed by atoms with Crippen molar-refractivity contribution in [1.29, 1.82) is 0 Å². The number of aromatic nitrogens is 2. The third-order valence-corrected chi connectivity index (χ3v) is 3.49. The number of nitrogens with zero attached hydrogens (tertiary/aromatic N) is 2. The summed E-state index contributed by atoms with van der Waals surface area (Å²) in [7, 11) is 3.08. The van der Waals surface area contributed by atoms with Crippen molar-refractivity contribution in [3.05, 3.63) is 43.7 Å². The number of hydrazone groups is 1. The van der Waals surface area contributed by atoms with Crippen LogP contribution in [0.25, 0.3) is 0 Å². The molecule has 7 nitrogen and oxygen atoms in total. The number of ether oxygens (including phenoxy) is 2. The van der Waals surface area contributed by atoms with Crippen molar-refractivity contribution in [1.82, 2.24) is 10.2 Å². The number of benzene rings is 1. The highest BCUT2D eigenvalue weighted by Gasteiger charge is 2.10. The third-order valence-electron chi connectivity index (χ3n) is 2.66. The van der Waals surface area contributed by atoms with Crippen LogP contribution in [-0.4, -0.2) is 30.6 Å². The molecule has 0 radical (unpaired) electrons. The quantitative estimate of drug-likeness (QED) is 0.608. The van der Waals surface area contributed by atoms with Gasteiger partial charge >= 0.3 is 0 Å². The van der Waals surface area contributed by atoms with E-state index in [2.05, 4.69) is 36.7 Å². The van der Waals surface area contributed by atoms with Crippen LogP contribution in [0.2, 0.25) is 5.02 Å². The normalized spacial score (nSPS) is 10.7. The summed E-state index contributed by atoms with van der Waals surface area (Å²) in [6.45, 7) is 0. The summed E-state index contributed by atoms with van der Waals surface area (Å²) >= 11 is 9.22. The number of H-pyrrole nitrogens is 1. The lowest BCUT2D eigenvalue weighted by molar-refractivity contribution is 0.354. The summed E-state index contributed by atoms with van der Waals surface area (Å²) in [6.07, 6.45) is 2.88. The first-order valence-corrected chi connectivity index (χ1v) is 7.17. The predicted molar refractivity (Wildman–Crippen MR) is 88.3 cm³/mol. The van der Waals surface area contributed by atoms with E-state index in [1.54, 1.807) is 13.2 Å². The number of anilines is 1. The van der Waals surface area contributed by atoms with Crippen LogP contribution in [0.15, 0.2) is 32.7 Å². The molecule has 0 aliphatic carbocycles. The largest absolute Gasteiger partial charge is 0.493 e. The zero-order valence-electron chi connectivity index (χ0n) is 11.7. The average molecular weight is 388 g/mol. The average Bonchev–Trinajstić information content (AvgIpc) is 2.50. The van der Waals surface area contributed by atoms with Crippen molar-refractivity contribution in [2.45, 2.75) is 0 Å².